The second kappa shape index (κ2) is 10.3. The van der Waals surface area contributed by atoms with Crippen LogP contribution in [0.2, 0.25) is 0 Å². The quantitative estimate of drug-likeness (QED) is 0.577. The number of nitriles is 1. The number of hydrogen-bond acceptors (Lipinski definition) is 6. The summed E-state index contributed by atoms with van der Waals surface area (Å²) in [6.45, 7) is 4.06. The average Bonchev–Trinajstić information content (AvgIpc) is 3.17. The van der Waals surface area contributed by atoms with Crippen LogP contribution in [0.25, 0.3) is 17.3 Å². The zero-order chi connectivity index (χ0) is 23.2. The third-order valence-corrected chi connectivity index (χ3v) is 6.27. The lowest BCUT2D eigenvalue weighted by molar-refractivity contribution is -0.128. The lowest BCUT2D eigenvalue weighted by Crippen LogP contribution is -2.42. The molecular weight excluding hydrogens is 438 g/mol. The van der Waals surface area contributed by atoms with Crippen LogP contribution in [0.3, 0.4) is 0 Å². The molecule has 1 aliphatic rings. The number of nitrogens with zero attached hydrogens (tertiary/aromatic N) is 3. The van der Waals surface area contributed by atoms with Gasteiger partial charge in [-0.15, -0.1) is 11.3 Å². The molecule has 8 heteroatoms. The predicted molar refractivity (Wildman–Crippen MR) is 127 cm³/mol. The Balaban J connectivity index is 1.98. The summed E-state index contributed by atoms with van der Waals surface area (Å²) in [5.41, 5.74) is 0.993. The van der Waals surface area contributed by atoms with Gasteiger partial charge in [-0.3, -0.25) is 14.2 Å². The van der Waals surface area contributed by atoms with E-state index in [9.17, 15) is 14.9 Å². The minimum absolute atomic E-state index is 0.0550. The second-order valence-corrected chi connectivity index (χ2v) is 8.28. The molecule has 1 aliphatic heterocycles. The molecule has 33 heavy (non-hydrogen) atoms. The lowest BCUT2D eigenvalue weighted by Gasteiger charge is -2.26. The number of para-hydroxylation sites is 2. The second-order valence-electron chi connectivity index (χ2n) is 7.25. The molecule has 7 nitrogen and oxygen atoms in total. The number of carbonyl (C=O) groups is 1. The van der Waals surface area contributed by atoms with Crippen molar-refractivity contribution < 1.29 is 14.3 Å². The van der Waals surface area contributed by atoms with Crippen molar-refractivity contribution in [2.75, 3.05) is 32.9 Å². The van der Waals surface area contributed by atoms with Gasteiger partial charge in [0.2, 0.25) is 0 Å². The van der Waals surface area contributed by atoms with Crippen LogP contribution in [0, 0.1) is 11.3 Å². The fourth-order valence-electron chi connectivity index (χ4n) is 3.60. The molecular formula is C25H23N3O4S. The summed E-state index contributed by atoms with van der Waals surface area (Å²) in [7, 11) is 0. The molecule has 0 spiro atoms. The van der Waals surface area contributed by atoms with Crippen molar-refractivity contribution >= 4 is 28.9 Å². The van der Waals surface area contributed by atoms with E-state index in [0.29, 0.717) is 53.5 Å². The van der Waals surface area contributed by atoms with Gasteiger partial charge >= 0.3 is 0 Å². The van der Waals surface area contributed by atoms with Crippen molar-refractivity contribution in [1.29, 1.82) is 5.26 Å². The smallest absolute Gasteiger partial charge is 0.273 e. The van der Waals surface area contributed by atoms with Crippen molar-refractivity contribution in [3.8, 4) is 17.5 Å². The zero-order valence-electron chi connectivity index (χ0n) is 18.2. The van der Waals surface area contributed by atoms with Gasteiger partial charge < -0.3 is 14.4 Å². The van der Waals surface area contributed by atoms with Crippen LogP contribution in [0.1, 0.15) is 12.5 Å². The van der Waals surface area contributed by atoms with Crippen LogP contribution in [0.15, 0.2) is 59.4 Å². The summed E-state index contributed by atoms with van der Waals surface area (Å²) in [5, 5.41) is 9.95. The highest BCUT2D eigenvalue weighted by atomic mass is 32.1. The maximum Gasteiger partial charge on any atom is 0.273 e. The topological polar surface area (TPSA) is 84.6 Å². The Labute approximate surface area is 195 Å². The monoisotopic (exact) mass is 461 g/mol. The SMILES string of the molecule is CCOc1ccccc1/C=c1/s/c(=C(\C#N)C(=O)N2CCOCC2)n(-c2ccccc2)c1=O. The maximum atomic E-state index is 13.5. The van der Waals surface area contributed by atoms with Crippen molar-refractivity contribution in [3.63, 3.8) is 0 Å². The predicted octanol–water partition coefficient (Wildman–Crippen LogP) is 1.66. The molecule has 1 amide bonds. The molecule has 3 aromatic rings. The van der Waals surface area contributed by atoms with E-state index < -0.39 is 5.91 Å². The normalized spacial score (nSPS) is 15.2. The first kappa shape index (κ1) is 22.5. The Bertz CT molecular complexity index is 1360. The Morgan fingerprint density at radius 1 is 1.15 bits per heavy atom. The van der Waals surface area contributed by atoms with E-state index in [1.165, 1.54) is 4.57 Å². The highest BCUT2D eigenvalue weighted by Gasteiger charge is 2.24. The van der Waals surface area contributed by atoms with Crippen LogP contribution in [0.4, 0.5) is 0 Å². The molecule has 1 saturated heterocycles. The molecule has 168 valence electrons. The maximum absolute atomic E-state index is 13.5. The fourth-order valence-corrected chi connectivity index (χ4v) is 4.69. The summed E-state index contributed by atoms with van der Waals surface area (Å²) < 4.78 is 13.2. The molecule has 0 bridgehead atoms. The first-order valence-corrected chi connectivity index (χ1v) is 11.5. The van der Waals surface area contributed by atoms with E-state index in [1.807, 2.05) is 49.4 Å². The summed E-state index contributed by atoms with van der Waals surface area (Å²) in [6, 6.07) is 18.5. The van der Waals surface area contributed by atoms with E-state index in [0.717, 1.165) is 16.9 Å². The number of ether oxygens (including phenoxy) is 2. The van der Waals surface area contributed by atoms with Gasteiger partial charge in [-0.2, -0.15) is 5.26 Å². The number of hydrogen-bond donors (Lipinski definition) is 0. The number of morpholine rings is 1. The summed E-state index contributed by atoms with van der Waals surface area (Å²) in [5.74, 6) is 0.266. The van der Waals surface area contributed by atoms with Crippen LogP contribution in [-0.4, -0.2) is 48.3 Å². The van der Waals surface area contributed by atoms with Gasteiger partial charge in [0.1, 0.15) is 16.5 Å². The standard InChI is InChI=1S/C25H23N3O4S/c1-2-32-21-11-7-6-8-18(21)16-22-24(30)28(19-9-4-3-5-10-19)25(33-22)20(17-26)23(29)27-12-14-31-15-13-27/h3-11,16H,2,12-15H2,1H3/b22-16+,25-20+. The van der Waals surface area contributed by atoms with Gasteiger partial charge in [0, 0.05) is 18.7 Å². The molecule has 2 heterocycles. The van der Waals surface area contributed by atoms with Crippen molar-refractivity contribution in [3.05, 3.63) is 79.7 Å². The largest absolute Gasteiger partial charge is 0.493 e. The molecule has 0 saturated carbocycles. The molecule has 1 fully saturated rings. The number of thiazole rings is 1. The van der Waals surface area contributed by atoms with Crippen molar-refractivity contribution in [1.82, 2.24) is 9.47 Å². The molecule has 0 atom stereocenters. The van der Waals surface area contributed by atoms with Crippen LogP contribution < -0.4 is 19.5 Å². The third kappa shape index (κ3) is 4.75. The number of aromatic nitrogens is 1. The average molecular weight is 462 g/mol. The fraction of sp³-hybridized carbons (Fsp3) is 0.240. The summed E-state index contributed by atoms with van der Waals surface area (Å²) >= 11 is 1.13. The van der Waals surface area contributed by atoms with Gasteiger partial charge in [0.05, 0.1) is 30.0 Å². The Hall–Kier alpha value is -3.67. The van der Waals surface area contributed by atoms with E-state index in [1.54, 1.807) is 23.1 Å². The summed E-state index contributed by atoms with van der Waals surface area (Å²) in [6.07, 6.45) is 1.75. The number of benzene rings is 2. The Morgan fingerprint density at radius 3 is 2.55 bits per heavy atom. The van der Waals surface area contributed by atoms with Gasteiger partial charge in [0.15, 0.2) is 5.57 Å². The van der Waals surface area contributed by atoms with E-state index >= 15 is 0 Å². The van der Waals surface area contributed by atoms with Gasteiger partial charge in [-0.05, 0) is 31.2 Å². The highest BCUT2D eigenvalue weighted by Crippen LogP contribution is 2.18. The Morgan fingerprint density at radius 2 is 1.85 bits per heavy atom. The molecule has 0 unspecified atom stereocenters. The molecule has 0 aliphatic carbocycles. The molecule has 0 N–H and O–H groups in total. The highest BCUT2D eigenvalue weighted by molar-refractivity contribution is 7.07. The number of rotatable bonds is 5. The van der Waals surface area contributed by atoms with Crippen molar-refractivity contribution in [2.24, 2.45) is 0 Å². The minimum Gasteiger partial charge on any atom is -0.493 e. The number of amides is 1. The molecule has 1 aromatic heterocycles. The first-order chi connectivity index (χ1) is 16.1. The van der Waals surface area contributed by atoms with Gasteiger partial charge in [-0.25, -0.2) is 0 Å². The van der Waals surface area contributed by atoms with Crippen LogP contribution in [0.5, 0.6) is 5.75 Å². The minimum atomic E-state index is -0.395. The van der Waals surface area contributed by atoms with Crippen molar-refractivity contribution in [2.45, 2.75) is 6.92 Å². The Kier molecular flexibility index (Phi) is 7.03. The third-order valence-electron chi connectivity index (χ3n) is 5.18. The summed E-state index contributed by atoms with van der Waals surface area (Å²) in [4.78, 5) is 28.3. The van der Waals surface area contributed by atoms with E-state index in [4.69, 9.17) is 9.47 Å². The first-order valence-electron chi connectivity index (χ1n) is 10.7. The number of carbonyl (C=O) groups excluding carboxylic acids is 1. The lowest BCUT2D eigenvalue weighted by atomic mass is 10.2. The zero-order valence-corrected chi connectivity index (χ0v) is 19.0. The van der Waals surface area contributed by atoms with Gasteiger partial charge in [0.25, 0.3) is 11.5 Å². The van der Waals surface area contributed by atoms with E-state index in [-0.39, 0.29) is 11.1 Å². The molecule has 0 radical (unpaired) electrons. The van der Waals surface area contributed by atoms with Gasteiger partial charge in [-0.1, -0.05) is 36.4 Å². The molecule has 2 aromatic carbocycles. The van der Waals surface area contributed by atoms with Crippen LogP contribution in [-0.2, 0) is 9.53 Å². The van der Waals surface area contributed by atoms with Crippen LogP contribution >= 0.6 is 11.3 Å². The van der Waals surface area contributed by atoms with E-state index in [2.05, 4.69) is 6.07 Å². The molecule has 4 rings (SSSR count).